The van der Waals surface area contributed by atoms with E-state index in [9.17, 15) is 0 Å². The number of thiocyanates is 1. The number of rotatable bonds is 2. The fraction of sp³-hybridized carbons (Fsp3) is 0.100. The van der Waals surface area contributed by atoms with Gasteiger partial charge in [0.25, 0.3) is 0 Å². The van der Waals surface area contributed by atoms with E-state index in [0.29, 0.717) is 4.91 Å². The summed E-state index contributed by atoms with van der Waals surface area (Å²) in [4.78, 5) is 0.553. The van der Waals surface area contributed by atoms with Crippen LogP contribution >= 0.6 is 11.8 Å². The molecule has 0 unspecified atom stereocenters. The van der Waals surface area contributed by atoms with Gasteiger partial charge in [0, 0.05) is 4.91 Å². The molecule has 0 saturated carbocycles. The van der Waals surface area contributed by atoms with E-state index in [1.807, 2.05) is 36.6 Å². The van der Waals surface area contributed by atoms with Gasteiger partial charge in [0.2, 0.25) is 0 Å². The molecule has 0 aromatic heterocycles. The highest BCUT2D eigenvalue weighted by Crippen LogP contribution is 2.23. The van der Waals surface area contributed by atoms with Gasteiger partial charge in [-0.2, -0.15) is 5.26 Å². The SMILES string of the molecule is [CH]=C(SC#N)c1ccc(C)cc1. The normalized spacial score (nSPS) is 9.00. The molecular formula is C10H8NS. The van der Waals surface area contributed by atoms with Gasteiger partial charge >= 0.3 is 0 Å². The molecule has 12 heavy (non-hydrogen) atoms. The first-order valence-electron chi connectivity index (χ1n) is 3.49. The molecule has 1 radical (unpaired) electrons. The minimum Gasteiger partial charge on any atom is -0.185 e. The Bertz CT molecular complexity index is 319. The van der Waals surface area contributed by atoms with Crippen LogP contribution < -0.4 is 0 Å². The maximum atomic E-state index is 8.36. The van der Waals surface area contributed by atoms with E-state index in [4.69, 9.17) is 11.8 Å². The van der Waals surface area contributed by atoms with Crippen molar-refractivity contribution in [2.75, 3.05) is 0 Å². The van der Waals surface area contributed by atoms with Gasteiger partial charge in [0.05, 0.1) is 0 Å². The standard InChI is InChI=1S/C10H8NS/c1-8-3-5-10(6-4-8)9(2)12-7-11/h2-6H,1H3. The van der Waals surface area contributed by atoms with Crippen LogP contribution in [0.4, 0.5) is 0 Å². The van der Waals surface area contributed by atoms with Crippen LogP contribution in [-0.2, 0) is 0 Å². The van der Waals surface area contributed by atoms with Gasteiger partial charge in [0.1, 0.15) is 5.40 Å². The highest BCUT2D eigenvalue weighted by Gasteiger charge is 1.97. The highest BCUT2D eigenvalue weighted by atomic mass is 32.2. The summed E-state index contributed by atoms with van der Waals surface area (Å²) in [5.74, 6) is 0. The third-order valence-corrected chi connectivity index (χ3v) is 2.04. The van der Waals surface area contributed by atoms with Crippen molar-refractivity contribution < 1.29 is 0 Å². The average Bonchev–Trinajstić information content (AvgIpc) is 2.06. The molecule has 0 saturated heterocycles. The average molecular weight is 174 g/mol. The number of aryl methyl sites for hydroxylation is 1. The van der Waals surface area contributed by atoms with E-state index < -0.39 is 0 Å². The molecule has 0 aliphatic carbocycles. The monoisotopic (exact) mass is 174 g/mol. The summed E-state index contributed by atoms with van der Waals surface area (Å²) in [5, 5.41) is 10.3. The zero-order chi connectivity index (χ0) is 8.97. The Labute approximate surface area is 76.7 Å². The molecule has 0 spiro atoms. The maximum Gasteiger partial charge on any atom is 0.138 e. The van der Waals surface area contributed by atoms with Gasteiger partial charge in [-0.25, -0.2) is 0 Å². The Morgan fingerprint density at radius 1 is 1.42 bits per heavy atom. The summed E-state index contributed by atoms with van der Waals surface area (Å²) < 4.78 is 0. The first-order chi connectivity index (χ1) is 5.74. The second kappa shape index (κ2) is 3.99. The van der Waals surface area contributed by atoms with E-state index in [-0.39, 0.29) is 0 Å². The molecule has 0 fully saturated rings. The molecule has 0 heterocycles. The third kappa shape index (κ3) is 2.14. The van der Waals surface area contributed by atoms with Crippen LogP contribution in [0.25, 0.3) is 4.91 Å². The quantitative estimate of drug-likeness (QED) is 0.643. The number of hydrogen-bond donors (Lipinski definition) is 0. The van der Waals surface area contributed by atoms with Crippen molar-refractivity contribution >= 4 is 16.7 Å². The molecule has 0 N–H and O–H groups in total. The molecule has 1 aromatic carbocycles. The largest absolute Gasteiger partial charge is 0.185 e. The maximum absolute atomic E-state index is 8.36. The first-order valence-corrected chi connectivity index (χ1v) is 4.31. The Morgan fingerprint density at radius 3 is 2.50 bits per heavy atom. The van der Waals surface area contributed by atoms with Crippen LogP contribution in [0.3, 0.4) is 0 Å². The van der Waals surface area contributed by atoms with Gasteiger partial charge in [-0.05, 0) is 30.8 Å². The molecule has 2 heteroatoms. The summed E-state index contributed by atoms with van der Waals surface area (Å²) >= 11 is 0.990. The number of hydrogen-bond acceptors (Lipinski definition) is 2. The van der Waals surface area contributed by atoms with Crippen molar-refractivity contribution in [3.8, 4) is 5.40 Å². The van der Waals surface area contributed by atoms with Gasteiger partial charge in [-0.15, -0.1) is 0 Å². The predicted octanol–water partition coefficient (Wildman–Crippen LogP) is 2.98. The lowest BCUT2D eigenvalue weighted by atomic mass is 10.1. The lowest BCUT2D eigenvalue weighted by Gasteiger charge is -1.99. The summed E-state index contributed by atoms with van der Waals surface area (Å²) in [7, 11) is 0. The van der Waals surface area contributed by atoms with E-state index in [1.165, 1.54) is 5.56 Å². The van der Waals surface area contributed by atoms with Crippen molar-refractivity contribution in [1.82, 2.24) is 0 Å². The van der Waals surface area contributed by atoms with Crippen molar-refractivity contribution in [1.29, 1.82) is 5.26 Å². The Hall–Kier alpha value is -1.20. The molecule has 1 rings (SSSR count). The number of benzene rings is 1. The summed E-state index contributed by atoms with van der Waals surface area (Å²) in [6.45, 7) is 7.62. The van der Waals surface area contributed by atoms with E-state index >= 15 is 0 Å². The van der Waals surface area contributed by atoms with Crippen LogP contribution in [0, 0.1) is 24.2 Å². The molecule has 1 aromatic rings. The van der Waals surface area contributed by atoms with E-state index in [0.717, 1.165) is 17.3 Å². The Kier molecular flexibility index (Phi) is 2.95. The third-order valence-electron chi connectivity index (χ3n) is 1.49. The molecular weight excluding hydrogens is 166 g/mol. The van der Waals surface area contributed by atoms with Crippen LogP contribution in [0.15, 0.2) is 24.3 Å². The molecule has 59 valence electrons. The number of nitriles is 1. The summed E-state index contributed by atoms with van der Waals surface area (Å²) in [6.07, 6.45) is 0. The minimum absolute atomic E-state index is 0.553. The number of nitrogens with zero attached hydrogens (tertiary/aromatic N) is 1. The van der Waals surface area contributed by atoms with Gasteiger partial charge in [0.15, 0.2) is 0 Å². The highest BCUT2D eigenvalue weighted by molar-refractivity contribution is 8.12. The van der Waals surface area contributed by atoms with Gasteiger partial charge < -0.3 is 0 Å². The lowest BCUT2D eigenvalue weighted by Crippen LogP contribution is -1.77. The molecule has 0 aliphatic heterocycles. The molecule has 0 atom stereocenters. The zero-order valence-electron chi connectivity index (χ0n) is 6.74. The fourth-order valence-electron chi connectivity index (χ4n) is 0.826. The molecule has 0 aliphatic rings. The van der Waals surface area contributed by atoms with Gasteiger partial charge in [-0.1, -0.05) is 29.8 Å². The molecule has 1 nitrogen and oxygen atoms in total. The minimum atomic E-state index is 0.553. The van der Waals surface area contributed by atoms with Crippen molar-refractivity contribution in [2.45, 2.75) is 6.92 Å². The van der Waals surface area contributed by atoms with Crippen molar-refractivity contribution in [3.63, 3.8) is 0 Å². The van der Waals surface area contributed by atoms with E-state index in [2.05, 4.69) is 0 Å². The van der Waals surface area contributed by atoms with Crippen molar-refractivity contribution in [2.24, 2.45) is 0 Å². The Balaban J connectivity index is 2.84. The molecule has 0 amide bonds. The molecule has 0 bridgehead atoms. The smallest absolute Gasteiger partial charge is 0.138 e. The topological polar surface area (TPSA) is 23.8 Å². The van der Waals surface area contributed by atoms with Crippen molar-refractivity contribution in [3.05, 3.63) is 42.0 Å². The first kappa shape index (κ1) is 8.89. The van der Waals surface area contributed by atoms with Crippen LogP contribution in [-0.4, -0.2) is 0 Å². The predicted molar refractivity (Wildman–Crippen MR) is 52.1 cm³/mol. The summed E-state index contributed by atoms with van der Waals surface area (Å²) in [5.41, 5.74) is 2.10. The zero-order valence-corrected chi connectivity index (χ0v) is 7.56. The second-order valence-electron chi connectivity index (χ2n) is 2.42. The van der Waals surface area contributed by atoms with Crippen LogP contribution in [0.2, 0.25) is 0 Å². The fourth-order valence-corrected chi connectivity index (χ4v) is 1.18. The second-order valence-corrected chi connectivity index (χ2v) is 3.25. The number of thioether (sulfide) groups is 1. The van der Waals surface area contributed by atoms with Crippen LogP contribution in [0.5, 0.6) is 0 Å². The lowest BCUT2D eigenvalue weighted by molar-refractivity contribution is 1.46. The van der Waals surface area contributed by atoms with Gasteiger partial charge in [-0.3, -0.25) is 0 Å². The van der Waals surface area contributed by atoms with Crippen LogP contribution in [0.1, 0.15) is 11.1 Å². The van der Waals surface area contributed by atoms with E-state index in [1.54, 1.807) is 0 Å². The summed E-state index contributed by atoms with van der Waals surface area (Å²) in [6, 6.07) is 7.77. The Morgan fingerprint density at radius 2 is 2.00 bits per heavy atom.